The first-order chi connectivity index (χ1) is 13.3. The van der Waals surface area contributed by atoms with Gasteiger partial charge in [0, 0.05) is 18.4 Å². The number of allylic oxidation sites excluding steroid dienone is 1. The van der Waals surface area contributed by atoms with Crippen LogP contribution < -0.4 is 0 Å². The number of hydrogen-bond donors (Lipinski definition) is 0. The zero-order valence-corrected chi connectivity index (χ0v) is 17.7. The highest BCUT2D eigenvalue weighted by Gasteiger charge is 2.60. The van der Waals surface area contributed by atoms with Crippen LogP contribution in [0.2, 0.25) is 0 Å². The lowest BCUT2D eigenvalue weighted by atomic mass is 9.46. The molecule has 0 amide bonds. The van der Waals surface area contributed by atoms with Crippen molar-refractivity contribution in [1.29, 1.82) is 0 Å². The van der Waals surface area contributed by atoms with Crippen molar-refractivity contribution >= 4 is 12.0 Å². The molecule has 0 saturated heterocycles. The van der Waals surface area contributed by atoms with Crippen molar-refractivity contribution in [2.24, 2.45) is 34.5 Å². The molecule has 0 aromatic carbocycles. The lowest BCUT2D eigenvalue weighted by molar-refractivity contribution is -0.152. The summed E-state index contributed by atoms with van der Waals surface area (Å²) < 4.78 is 11.1. The molecule has 3 fully saturated rings. The SMILES string of the molecule is CC(=O)OC(C)C1CCC2C3CCC4=Cc5oncc5CC4(C)C3CCC12C. The molecule has 0 N–H and O–H groups in total. The molecule has 152 valence electrons. The van der Waals surface area contributed by atoms with Gasteiger partial charge in [-0.15, -0.1) is 0 Å². The van der Waals surface area contributed by atoms with Crippen LogP contribution in [-0.2, 0) is 16.0 Å². The maximum atomic E-state index is 11.5. The second kappa shape index (κ2) is 6.21. The van der Waals surface area contributed by atoms with Crippen LogP contribution in [0, 0.1) is 34.5 Å². The Bertz CT molecular complexity index is 826. The molecule has 1 aromatic heterocycles. The molecule has 7 atom stereocenters. The highest BCUT2D eigenvalue weighted by atomic mass is 16.5. The molecule has 0 aliphatic heterocycles. The van der Waals surface area contributed by atoms with Gasteiger partial charge in [0.05, 0.1) is 6.20 Å². The van der Waals surface area contributed by atoms with Crippen LogP contribution in [0.3, 0.4) is 0 Å². The third-order valence-electron chi connectivity index (χ3n) is 9.27. The van der Waals surface area contributed by atoms with Gasteiger partial charge in [-0.25, -0.2) is 0 Å². The predicted octanol–water partition coefficient (Wildman–Crippen LogP) is 5.42. The number of hydrogen-bond acceptors (Lipinski definition) is 4. The Kier molecular flexibility index (Phi) is 4.09. The van der Waals surface area contributed by atoms with Crippen LogP contribution in [0.5, 0.6) is 0 Å². The number of fused-ring (bicyclic) bond motifs is 6. The van der Waals surface area contributed by atoms with E-state index in [4.69, 9.17) is 9.26 Å². The minimum absolute atomic E-state index is 0.0351. The van der Waals surface area contributed by atoms with Crippen LogP contribution in [0.15, 0.2) is 16.3 Å². The van der Waals surface area contributed by atoms with E-state index in [1.165, 1.54) is 44.1 Å². The fourth-order valence-corrected chi connectivity index (χ4v) is 8.04. The van der Waals surface area contributed by atoms with Crippen LogP contribution in [0.1, 0.15) is 77.5 Å². The molecule has 0 radical (unpaired) electrons. The number of ether oxygens (including phenoxy) is 1. The van der Waals surface area contributed by atoms with Gasteiger partial charge in [-0.05, 0) is 86.5 Å². The fraction of sp³-hybridized carbons (Fsp3) is 0.750. The summed E-state index contributed by atoms with van der Waals surface area (Å²) in [6.45, 7) is 8.66. The Morgan fingerprint density at radius 2 is 2.07 bits per heavy atom. The smallest absolute Gasteiger partial charge is 0.302 e. The topological polar surface area (TPSA) is 52.3 Å². The van der Waals surface area contributed by atoms with E-state index in [1.807, 2.05) is 6.20 Å². The third kappa shape index (κ3) is 2.48. The fourth-order valence-electron chi connectivity index (χ4n) is 8.04. The minimum atomic E-state index is -0.139. The summed E-state index contributed by atoms with van der Waals surface area (Å²) >= 11 is 0. The Hall–Kier alpha value is -1.58. The third-order valence-corrected chi connectivity index (χ3v) is 9.27. The van der Waals surface area contributed by atoms with E-state index in [1.54, 1.807) is 12.5 Å². The van der Waals surface area contributed by atoms with Gasteiger partial charge in [0.1, 0.15) is 6.10 Å². The molecule has 1 aromatic rings. The van der Waals surface area contributed by atoms with Crippen molar-refractivity contribution in [3.05, 3.63) is 23.1 Å². The number of carbonyl (C=O) groups excluding carboxylic acids is 1. The van der Waals surface area contributed by atoms with Crippen molar-refractivity contribution in [2.45, 2.75) is 78.7 Å². The van der Waals surface area contributed by atoms with Gasteiger partial charge < -0.3 is 9.26 Å². The first kappa shape index (κ1) is 18.4. The summed E-state index contributed by atoms with van der Waals surface area (Å²) in [7, 11) is 0. The minimum Gasteiger partial charge on any atom is -0.463 e. The summed E-state index contributed by atoms with van der Waals surface area (Å²) in [5, 5.41) is 4.05. The van der Waals surface area contributed by atoms with E-state index in [0.29, 0.717) is 11.3 Å². The monoisotopic (exact) mass is 383 g/mol. The number of carbonyl (C=O) groups is 1. The Morgan fingerprint density at radius 3 is 2.86 bits per heavy atom. The second-order valence-corrected chi connectivity index (χ2v) is 10.4. The van der Waals surface area contributed by atoms with Gasteiger partial charge in [-0.2, -0.15) is 0 Å². The summed E-state index contributed by atoms with van der Waals surface area (Å²) in [4.78, 5) is 11.5. The van der Waals surface area contributed by atoms with E-state index in [9.17, 15) is 4.79 Å². The molecule has 4 nitrogen and oxygen atoms in total. The summed E-state index contributed by atoms with van der Waals surface area (Å²) in [5.74, 6) is 3.65. The summed E-state index contributed by atoms with van der Waals surface area (Å²) in [6, 6.07) is 0. The number of nitrogens with zero attached hydrogens (tertiary/aromatic N) is 1. The van der Waals surface area contributed by atoms with E-state index in [0.717, 1.165) is 29.9 Å². The van der Waals surface area contributed by atoms with Crippen molar-refractivity contribution in [3.8, 4) is 0 Å². The highest BCUT2D eigenvalue weighted by molar-refractivity contribution is 5.66. The first-order valence-electron chi connectivity index (χ1n) is 11.1. The average molecular weight is 384 g/mol. The Labute approximate surface area is 168 Å². The summed E-state index contributed by atoms with van der Waals surface area (Å²) in [6.07, 6.45) is 12.9. The molecule has 7 unspecified atom stereocenters. The molecule has 0 spiro atoms. The van der Waals surface area contributed by atoms with Gasteiger partial charge in [-0.1, -0.05) is 24.6 Å². The molecule has 1 heterocycles. The van der Waals surface area contributed by atoms with Crippen LogP contribution in [-0.4, -0.2) is 17.2 Å². The van der Waals surface area contributed by atoms with Crippen LogP contribution in [0.25, 0.3) is 6.08 Å². The molecule has 4 aliphatic carbocycles. The molecule has 3 saturated carbocycles. The molecule has 28 heavy (non-hydrogen) atoms. The molecule has 4 heteroatoms. The van der Waals surface area contributed by atoms with Crippen LogP contribution >= 0.6 is 0 Å². The standard InChI is InChI=1S/C24H33NO3/c1-14(27-15(2)26)19-7-8-20-18-6-5-17-11-22-16(13-25-28-22)12-24(17,4)21(18)9-10-23(19,20)3/h11,13-14,18-21H,5-10,12H2,1-4H3. The molecular weight excluding hydrogens is 350 g/mol. The Balaban J connectivity index is 1.43. The first-order valence-corrected chi connectivity index (χ1v) is 11.1. The predicted molar refractivity (Wildman–Crippen MR) is 107 cm³/mol. The lowest BCUT2D eigenvalue weighted by Gasteiger charge is -2.58. The van der Waals surface area contributed by atoms with Gasteiger partial charge in [0.2, 0.25) is 0 Å². The number of esters is 1. The maximum Gasteiger partial charge on any atom is 0.302 e. The number of aromatic nitrogens is 1. The van der Waals surface area contributed by atoms with Crippen molar-refractivity contribution in [2.75, 3.05) is 0 Å². The van der Waals surface area contributed by atoms with E-state index < -0.39 is 0 Å². The zero-order chi connectivity index (χ0) is 19.7. The van der Waals surface area contributed by atoms with Crippen molar-refractivity contribution in [3.63, 3.8) is 0 Å². The average Bonchev–Trinajstić information content (AvgIpc) is 3.21. The van der Waals surface area contributed by atoms with Gasteiger partial charge >= 0.3 is 5.97 Å². The largest absolute Gasteiger partial charge is 0.463 e. The van der Waals surface area contributed by atoms with Gasteiger partial charge in [0.25, 0.3) is 0 Å². The van der Waals surface area contributed by atoms with E-state index in [-0.39, 0.29) is 17.5 Å². The highest BCUT2D eigenvalue weighted by Crippen LogP contribution is 2.67. The lowest BCUT2D eigenvalue weighted by Crippen LogP contribution is -2.51. The van der Waals surface area contributed by atoms with Crippen molar-refractivity contribution < 1.29 is 14.1 Å². The van der Waals surface area contributed by atoms with Gasteiger partial charge in [0.15, 0.2) is 5.76 Å². The molecular formula is C24H33NO3. The van der Waals surface area contributed by atoms with Crippen LogP contribution in [0.4, 0.5) is 0 Å². The molecule has 4 aliphatic rings. The normalized spacial score (nSPS) is 42.5. The summed E-state index contributed by atoms with van der Waals surface area (Å²) in [5.41, 5.74) is 3.44. The van der Waals surface area contributed by atoms with E-state index in [2.05, 4.69) is 32.0 Å². The Morgan fingerprint density at radius 1 is 1.25 bits per heavy atom. The van der Waals surface area contributed by atoms with E-state index >= 15 is 0 Å². The molecule has 0 bridgehead atoms. The zero-order valence-electron chi connectivity index (χ0n) is 17.7. The van der Waals surface area contributed by atoms with Crippen molar-refractivity contribution in [1.82, 2.24) is 5.16 Å². The van der Waals surface area contributed by atoms with Gasteiger partial charge in [-0.3, -0.25) is 4.79 Å². The maximum absolute atomic E-state index is 11.5. The molecule has 5 rings (SSSR count). The second-order valence-electron chi connectivity index (χ2n) is 10.4. The quantitative estimate of drug-likeness (QED) is 0.640. The number of rotatable bonds is 2.